The van der Waals surface area contributed by atoms with Crippen molar-refractivity contribution < 1.29 is 0 Å². The fraction of sp³-hybridized carbons (Fsp3) is 0.0270. The van der Waals surface area contributed by atoms with Gasteiger partial charge in [-0.15, -0.1) is 0 Å². The molecule has 0 radical (unpaired) electrons. The molecular formula is C37H27N15. The first-order valence-electron chi connectivity index (χ1n) is 16.2. The third-order valence-corrected chi connectivity index (χ3v) is 8.57. The highest BCUT2D eigenvalue weighted by Gasteiger charge is 2.17. The Balaban J connectivity index is 1.08. The van der Waals surface area contributed by atoms with E-state index in [4.69, 9.17) is 9.97 Å². The van der Waals surface area contributed by atoms with E-state index in [1.807, 2.05) is 24.3 Å². The highest BCUT2D eigenvalue weighted by molar-refractivity contribution is 5.82. The molecule has 0 bridgehead atoms. The molecule has 52 heavy (non-hydrogen) atoms. The van der Waals surface area contributed by atoms with E-state index in [0.29, 0.717) is 45.6 Å². The average Bonchev–Trinajstić information content (AvgIpc) is 4.04. The molecule has 4 N–H and O–H groups in total. The van der Waals surface area contributed by atoms with Crippen LogP contribution in [0.15, 0.2) is 122 Å². The molecule has 0 unspecified atom stereocenters. The summed E-state index contributed by atoms with van der Waals surface area (Å²) in [5, 5.41) is 43.5. The van der Waals surface area contributed by atoms with Crippen molar-refractivity contribution in [1.82, 2.24) is 71.6 Å². The Bertz CT molecular complexity index is 2280. The van der Waals surface area contributed by atoms with E-state index in [1.54, 1.807) is 24.8 Å². The second-order valence-corrected chi connectivity index (χ2v) is 11.9. The van der Waals surface area contributed by atoms with Crippen molar-refractivity contribution in [3.05, 3.63) is 127 Å². The van der Waals surface area contributed by atoms with Crippen molar-refractivity contribution in [2.24, 2.45) is 0 Å². The van der Waals surface area contributed by atoms with Gasteiger partial charge in [-0.25, -0.2) is 9.97 Å². The predicted octanol–water partition coefficient (Wildman–Crippen LogP) is 6.73. The third kappa shape index (κ3) is 5.94. The zero-order valence-corrected chi connectivity index (χ0v) is 27.5. The van der Waals surface area contributed by atoms with Gasteiger partial charge in [0.2, 0.25) is 0 Å². The molecule has 9 rings (SSSR count). The summed E-state index contributed by atoms with van der Waals surface area (Å²) >= 11 is 0. The maximum absolute atomic E-state index is 4.77. The minimum Gasteiger partial charge on any atom is -0.311 e. The molecule has 15 nitrogen and oxygen atoms in total. The van der Waals surface area contributed by atoms with Gasteiger partial charge in [0.1, 0.15) is 22.8 Å². The number of hydrogen-bond donors (Lipinski definition) is 4. The van der Waals surface area contributed by atoms with Crippen LogP contribution < -0.4 is 4.90 Å². The summed E-state index contributed by atoms with van der Waals surface area (Å²) in [4.78, 5) is 11.8. The van der Waals surface area contributed by atoms with Gasteiger partial charge >= 0.3 is 0 Å². The van der Waals surface area contributed by atoms with Crippen molar-refractivity contribution in [3.63, 3.8) is 0 Å². The van der Waals surface area contributed by atoms with Gasteiger partial charge in [0.15, 0.2) is 0 Å². The number of H-pyrrole nitrogens is 4. The number of rotatable bonds is 9. The molecule has 0 saturated heterocycles. The first-order chi connectivity index (χ1) is 25.6. The fourth-order valence-electron chi connectivity index (χ4n) is 5.97. The SMILES string of the molecule is Cc1ccc(N(c2ccc(-c3cc(-c4cn[nH]n4)nc(-c4cn[nH]n4)c3)cc2)c2ccc(-c3cc(-c4cn[nH]n4)nc(-c4cn[nH]n4)c3)cc2)cc1. The number of nitrogens with one attached hydrogen (secondary N) is 4. The largest absolute Gasteiger partial charge is 0.311 e. The lowest BCUT2D eigenvalue weighted by Crippen LogP contribution is -2.09. The highest BCUT2D eigenvalue weighted by Crippen LogP contribution is 2.38. The van der Waals surface area contributed by atoms with E-state index in [1.165, 1.54) is 5.56 Å². The maximum Gasteiger partial charge on any atom is 0.131 e. The molecule has 0 fully saturated rings. The predicted molar refractivity (Wildman–Crippen MR) is 194 cm³/mol. The summed E-state index contributed by atoms with van der Waals surface area (Å²) in [7, 11) is 0. The van der Waals surface area contributed by atoms with Crippen LogP contribution in [0.1, 0.15) is 5.56 Å². The van der Waals surface area contributed by atoms with Crippen LogP contribution in [0.2, 0.25) is 0 Å². The van der Waals surface area contributed by atoms with Gasteiger partial charge in [0, 0.05) is 17.1 Å². The summed E-state index contributed by atoms with van der Waals surface area (Å²) in [6, 6.07) is 33.4. The van der Waals surface area contributed by atoms with E-state index < -0.39 is 0 Å². The van der Waals surface area contributed by atoms with Crippen LogP contribution >= 0.6 is 0 Å². The average molecular weight is 682 g/mol. The topological polar surface area (TPSA) is 195 Å². The Kier molecular flexibility index (Phi) is 7.58. The van der Waals surface area contributed by atoms with Crippen LogP contribution in [0.4, 0.5) is 17.1 Å². The number of pyridine rings is 2. The smallest absolute Gasteiger partial charge is 0.131 e. The van der Waals surface area contributed by atoms with Crippen LogP contribution in [-0.4, -0.2) is 71.6 Å². The number of nitrogens with zero attached hydrogens (tertiary/aromatic N) is 11. The van der Waals surface area contributed by atoms with Gasteiger partial charge in [-0.05, 0) is 89.8 Å². The molecule has 6 heterocycles. The van der Waals surface area contributed by atoms with E-state index in [9.17, 15) is 0 Å². The Morgan fingerprint density at radius 1 is 0.365 bits per heavy atom. The van der Waals surface area contributed by atoms with Crippen LogP contribution in [0.5, 0.6) is 0 Å². The van der Waals surface area contributed by atoms with E-state index >= 15 is 0 Å². The summed E-state index contributed by atoms with van der Waals surface area (Å²) in [6.45, 7) is 2.09. The molecule has 0 spiro atoms. The summed E-state index contributed by atoms with van der Waals surface area (Å²) < 4.78 is 0. The molecule has 0 atom stereocenters. The zero-order chi connectivity index (χ0) is 34.9. The lowest BCUT2D eigenvalue weighted by atomic mass is 10.0. The lowest BCUT2D eigenvalue weighted by Gasteiger charge is -2.26. The van der Waals surface area contributed by atoms with Gasteiger partial charge in [-0.1, -0.05) is 42.0 Å². The van der Waals surface area contributed by atoms with Gasteiger partial charge < -0.3 is 4.90 Å². The Labute approximate surface area is 295 Å². The van der Waals surface area contributed by atoms with Gasteiger partial charge in [-0.2, -0.15) is 61.6 Å². The minimum absolute atomic E-state index is 0.632. The molecule has 250 valence electrons. The van der Waals surface area contributed by atoms with Crippen molar-refractivity contribution in [2.75, 3.05) is 4.90 Å². The summed E-state index contributed by atoms with van der Waals surface area (Å²) in [6.07, 6.45) is 6.58. The Morgan fingerprint density at radius 2 is 0.673 bits per heavy atom. The molecule has 3 aromatic carbocycles. The normalized spacial score (nSPS) is 11.2. The number of anilines is 3. The summed E-state index contributed by atoms with van der Waals surface area (Å²) in [5.74, 6) is 0. The molecule has 0 saturated carbocycles. The van der Waals surface area contributed by atoms with E-state index in [0.717, 1.165) is 39.3 Å². The van der Waals surface area contributed by atoms with Gasteiger partial charge in [0.25, 0.3) is 0 Å². The van der Waals surface area contributed by atoms with Crippen molar-refractivity contribution in [1.29, 1.82) is 0 Å². The van der Waals surface area contributed by atoms with Crippen LogP contribution in [0.3, 0.4) is 0 Å². The molecule has 6 aromatic heterocycles. The first kappa shape index (κ1) is 30.4. The van der Waals surface area contributed by atoms with E-state index in [2.05, 4.69) is 146 Å². The standard InChI is InChI=1S/C37H27N15/c1-22-2-8-27(9-3-22)52(28-10-4-23(5-11-28)25-14-30(34-18-38-48-44-34)42-31(15-25)35-19-39-49-45-35)29-12-6-24(7-13-29)26-16-32(36-20-40-50-46-36)43-33(17-26)37-21-41-51-47-37/h2-21H,1H3,(H,38,44,48)(H,39,45,49)(H,40,46,50)(H,41,47,51). The first-order valence-corrected chi connectivity index (χ1v) is 16.2. The molecule has 15 heteroatoms. The molecule has 0 aliphatic carbocycles. The van der Waals surface area contributed by atoms with Crippen LogP contribution in [0.25, 0.3) is 67.8 Å². The maximum atomic E-state index is 4.77. The molecule has 0 aliphatic heterocycles. The number of hydrogen-bond acceptors (Lipinski definition) is 11. The Hall–Kier alpha value is -7.68. The van der Waals surface area contributed by atoms with Crippen LogP contribution in [-0.2, 0) is 0 Å². The number of benzene rings is 3. The number of aromatic amines is 4. The zero-order valence-electron chi connectivity index (χ0n) is 27.5. The van der Waals surface area contributed by atoms with Gasteiger partial charge in [0.05, 0.1) is 47.6 Å². The molecule has 0 amide bonds. The molecular weight excluding hydrogens is 655 g/mol. The number of aromatic nitrogens is 14. The molecule has 9 aromatic rings. The monoisotopic (exact) mass is 681 g/mol. The summed E-state index contributed by atoms with van der Waals surface area (Å²) in [5.41, 5.74) is 13.3. The lowest BCUT2D eigenvalue weighted by molar-refractivity contribution is 0.938. The van der Waals surface area contributed by atoms with Crippen molar-refractivity contribution in [3.8, 4) is 67.8 Å². The third-order valence-electron chi connectivity index (χ3n) is 8.57. The Morgan fingerprint density at radius 3 is 0.962 bits per heavy atom. The van der Waals surface area contributed by atoms with Crippen LogP contribution in [0, 0.1) is 6.92 Å². The minimum atomic E-state index is 0.632. The quantitative estimate of drug-likeness (QED) is 0.126. The highest BCUT2D eigenvalue weighted by atomic mass is 15.3. The van der Waals surface area contributed by atoms with E-state index in [-0.39, 0.29) is 0 Å². The van der Waals surface area contributed by atoms with Crippen molar-refractivity contribution in [2.45, 2.75) is 6.92 Å². The second-order valence-electron chi connectivity index (χ2n) is 11.9. The van der Waals surface area contributed by atoms with Gasteiger partial charge in [-0.3, -0.25) is 0 Å². The van der Waals surface area contributed by atoms with Crippen molar-refractivity contribution >= 4 is 17.1 Å². The molecule has 0 aliphatic rings. The fourth-order valence-corrected chi connectivity index (χ4v) is 5.97. The number of aryl methyl sites for hydroxylation is 1. The second kappa shape index (κ2) is 13.0.